The van der Waals surface area contributed by atoms with Gasteiger partial charge in [-0.25, -0.2) is 9.66 Å². The summed E-state index contributed by atoms with van der Waals surface area (Å²) in [4.78, 5) is 4.16. The summed E-state index contributed by atoms with van der Waals surface area (Å²) in [6, 6.07) is 25.8. The molecule has 156 valence electrons. The molecule has 0 spiro atoms. The number of ether oxygens (including phenoxy) is 2. The highest BCUT2D eigenvalue weighted by Gasteiger charge is 2.07. The number of aromatic nitrogens is 2. The van der Waals surface area contributed by atoms with E-state index in [2.05, 4.69) is 10.1 Å². The third-order valence-corrected chi connectivity index (χ3v) is 4.63. The van der Waals surface area contributed by atoms with Gasteiger partial charge < -0.3 is 15.2 Å². The Hall–Kier alpha value is -4.06. The van der Waals surface area contributed by atoms with Crippen LogP contribution in [0.25, 0.3) is 0 Å². The van der Waals surface area contributed by atoms with E-state index in [4.69, 9.17) is 15.2 Å². The average molecular weight is 412 g/mol. The lowest BCUT2D eigenvalue weighted by Crippen LogP contribution is -2.02. The summed E-state index contributed by atoms with van der Waals surface area (Å²) >= 11 is 0. The molecule has 0 aliphatic carbocycles. The molecular formula is C25H24N4O2. The number of anilines is 1. The Balaban J connectivity index is 1.55. The van der Waals surface area contributed by atoms with E-state index >= 15 is 0 Å². The van der Waals surface area contributed by atoms with Crippen molar-refractivity contribution >= 4 is 12.2 Å². The van der Waals surface area contributed by atoms with E-state index in [1.165, 1.54) is 4.68 Å². The van der Waals surface area contributed by atoms with Gasteiger partial charge in [0.1, 0.15) is 24.7 Å². The van der Waals surface area contributed by atoms with Crippen LogP contribution >= 0.6 is 0 Å². The first-order chi connectivity index (χ1) is 15.2. The van der Waals surface area contributed by atoms with Gasteiger partial charge in [0.05, 0.1) is 18.1 Å². The highest BCUT2D eigenvalue weighted by atomic mass is 16.5. The van der Waals surface area contributed by atoms with Gasteiger partial charge in [-0.2, -0.15) is 5.10 Å². The average Bonchev–Trinajstić information content (AvgIpc) is 3.13. The second kappa shape index (κ2) is 9.63. The molecule has 0 atom stereocenters. The van der Waals surface area contributed by atoms with Crippen molar-refractivity contribution in [2.75, 3.05) is 5.73 Å². The van der Waals surface area contributed by atoms with Crippen LogP contribution in [0.3, 0.4) is 0 Å². The lowest BCUT2D eigenvalue weighted by Gasteiger charge is -2.12. The minimum absolute atomic E-state index is 0.336. The molecule has 0 saturated carbocycles. The van der Waals surface area contributed by atoms with E-state index in [9.17, 15) is 0 Å². The maximum Gasteiger partial charge on any atom is 0.221 e. The standard InChI is InChI=1S/C25H24N4O2/c1-19-16-29(25(26)28-19)27-15-22-12-13-23(30-17-20-8-4-2-5-9-20)14-24(22)31-18-21-10-6-3-7-11-21/h2-16H,17-18H2,1H3,(H2,26,28). The quantitative estimate of drug-likeness (QED) is 0.421. The van der Waals surface area contributed by atoms with Gasteiger partial charge in [-0.05, 0) is 30.2 Å². The van der Waals surface area contributed by atoms with Crippen LogP contribution in [-0.2, 0) is 13.2 Å². The lowest BCUT2D eigenvalue weighted by atomic mass is 10.2. The molecule has 2 N–H and O–H groups in total. The molecule has 6 heteroatoms. The number of nitrogens with two attached hydrogens (primary N) is 1. The lowest BCUT2D eigenvalue weighted by molar-refractivity contribution is 0.289. The third kappa shape index (κ3) is 5.51. The third-order valence-electron chi connectivity index (χ3n) is 4.63. The van der Waals surface area contributed by atoms with Crippen molar-refractivity contribution in [2.24, 2.45) is 5.10 Å². The molecular weight excluding hydrogens is 388 g/mol. The topological polar surface area (TPSA) is 74.7 Å². The Morgan fingerprint density at radius 3 is 2.16 bits per heavy atom. The highest BCUT2D eigenvalue weighted by molar-refractivity contribution is 5.84. The molecule has 0 bridgehead atoms. The molecule has 0 radical (unpaired) electrons. The van der Waals surface area contributed by atoms with Crippen LogP contribution in [0, 0.1) is 6.92 Å². The number of hydrogen-bond donors (Lipinski definition) is 1. The Bertz CT molecular complexity index is 1150. The molecule has 0 unspecified atom stereocenters. The fourth-order valence-electron chi connectivity index (χ4n) is 3.03. The second-order valence-electron chi connectivity index (χ2n) is 7.08. The molecule has 3 aromatic carbocycles. The van der Waals surface area contributed by atoms with E-state index in [1.54, 1.807) is 12.4 Å². The van der Waals surface area contributed by atoms with Gasteiger partial charge in [0.15, 0.2) is 0 Å². The summed E-state index contributed by atoms with van der Waals surface area (Å²) < 4.78 is 13.6. The van der Waals surface area contributed by atoms with Crippen LogP contribution < -0.4 is 15.2 Å². The van der Waals surface area contributed by atoms with Gasteiger partial charge in [0.2, 0.25) is 5.95 Å². The molecule has 6 nitrogen and oxygen atoms in total. The van der Waals surface area contributed by atoms with Crippen molar-refractivity contribution in [3.05, 3.63) is 107 Å². The molecule has 31 heavy (non-hydrogen) atoms. The number of benzene rings is 3. The predicted molar refractivity (Wildman–Crippen MR) is 122 cm³/mol. The van der Waals surface area contributed by atoms with Gasteiger partial charge in [-0.15, -0.1) is 0 Å². The van der Waals surface area contributed by atoms with Gasteiger partial charge in [-0.1, -0.05) is 60.7 Å². The largest absolute Gasteiger partial charge is 0.489 e. The SMILES string of the molecule is Cc1cn(N=Cc2ccc(OCc3ccccc3)cc2OCc2ccccc2)c(N)n1. The first kappa shape index (κ1) is 20.2. The number of aryl methyl sites for hydroxylation is 1. The summed E-state index contributed by atoms with van der Waals surface area (Å²) in [5.74, 6) is 1.74. The maximum atomic E-state index is 6.11. The van der Waals surface area contributed by atoms with Gasteiger partial charge in [0.25, 0.3) is 0 Å². The van der Waals surface area contributed by atoms with E-state index in [0.29, 0.717) is 24.9 Å². The normalized spacial score (nSPS) is 11.0. The smallest absolute Gasteiger partial charge is 0.221 e. The van der Waals surface area contributed by atoms with Crippen molar-refractivity contribution in [1.29, 1.82) is 0 Å². The number of rotatable bonds is 8. The molecule has 0 saturated heterocycles. The summed E-state index contributed by atoms with van der Waals surface area (Å²) in [5, 5.41) is 4.42. The van der Waals surface area contributed by atoms with Gasteiger partial charge in [-0.3, -0.25) is 0 Å². The van der Waals surface area contributed by atoms with Crippen LogP contribution in [0.4, 0.5) is 5.95 Å². The predicted octanol–water partition coefficient (Wildman–Crippen LogP) is 4.81. The van der Waals surface area contributed by atoms with Crippen LogP contribution in [0.2, 0.25) is 0 Å². The number of nitrogens with zero attached hydrogens (tertiary/aromatic N) is 3. The monoisotopic (exact) mass is 412 g/mol. The Morgan fingerprint density at radius 2 is 1.55 bits per heavy atom. The van der Waals surface area contributed by atoms with Gasteiger partial charge >= 0.3 is 0 Å². The zero-order chi connectivity index (χ0) is 21.5. The minimum Gasteiger partial charge on any atom is -0.489 e. The van der Waals surface area contributed by atoms with Gasteiger partial charge in [0, 0.05) is 11.6 Å². The van der Waals surface area contributed by atoms with Crippen LogP contribution in [-0.4, -0.2) is 15.9 Å². The van der Waals surface area contributed by atoms with Crippen LogP contribution in [0.5, 0.6) is 11.5 Å². The summed E-state index contributed by atoms with van der Waals surface area (Å²) in [7, 11) is 0. The second-order valence-corrected chi connectivity index (χ2v) is 7.08. The Kier molecular flexibility index (Phi) is 6.28. The summed E-state index contributed by atoms with van der Waals surface area (Å²) in [6.07, 6.45) is 3.48. The van der Waals surface area contributed by atoms with Crippen LogP contribution in [0.15, 0.2) is 90.2 Å². The summed E-state index contributed by atoms with van der Waals surface area (Å²) in [5.41, 5.74) is 9.68. The highest BCUT2D eigenvalue weighted by Crippen LogP contribution is 2.26. The number of imidazole rings is 1. The zero-order valence-corrected chi connectivity index (χ0v) is 17.3. The van der Waals surface area contributed by atoms with Crippen molar-refractivity contribution in [1.82, 2.24) is 9.66 Å². The fourth-order valence-corrected chi connectivity index (χ4v) is 3.03. The Morgan fingerprint density at radius 1 is 0.903 bits per heavy atom. The molecule has 0 aliphatic rings. The van der Waals surface area contributed by atoms with E-state index in [0.717, 1.165) is 28.1 Å². The fraction of sp³-hybridized carbons (Fsp3) is 0.120. The minimum atomic E-state index is 0.336. The molecule has 4 rings (SSSR count). The first-order valence-electron chi connectivity index (χ1n) is 10.0. The van der Waals surface area contributed by atoms with E-state index < -0.39 is 0 Å². The number of hydrogen-bond acceptors (Lipinski definition) is 5. The molecule has 0 fully saturated rings. The van der Waals surface area contributed by atoms with Crippen molar-refractivity contribution in [3.8, 4) is 11.5 Å². The maximum absolute atomic E-state index is 6.11. The van der Waals surface area contributed by atoms with E-state index in [-0.39, 0.29) is 0 Å². The Labute approximate surface area is 181 Å². The molecule has 4 aromatic rings. The summed E-state index contributed by atoms with van der Waals surface area (Å²) in [6.45, 7) is 2.79. The molecule has 1 aromatic heterocycles. The van der Waals surface area contributed by atoms with Crippen molar-refractivity contribution < 1.29 is 9.47 Å². The number of nitrogen functional groups attached to an aromatic ring is 1. The zero-order valence-electron chi connectivity index (χ0n) is 17.3. The van der Waals surface area contributed by atoms with Crippen LogP contribution in [0.1, 0.15) is 22.4 Å². The molecule has 0 amide bonds. The van der Waals surface area contributed by atoms with E-state index in [1.807, 2.05) is 85.8 Å². The molecule has 0 aliphatic heterocycles. The van der Waals surface area contributed by atoms with Crippen molar-refractivity contribution in [3.63, 3.8) is 0 Å². The molecule has 1 heterocycles. The van der Waals surface area contributed by atoms with Crippen molar-refractivity contribution in [2.45, 2.75) is 20.1 Å². The first-order valence-corrected chi connectivity index (χ1v) is 10.0.